The Morgan fingerprint density at radius 2 is 1.87 bits per heavy atom. The van der Waals surface area contributed by atoms with E-state index < -0.39 is 5.82 Å². The summed E-state index contributed by atoms with van der Waals surface area (Å²) in [7, 11) is 1.56. The van der Waals surface area contributed by atoms with E-state index in [1.165, 1.54) is 24.3 Å². The lowest BCUT2D eigenvalue weighted by Gasteiger charge is -2.12. The molecule has 0 N–H and O–H groups in total. The minimum absolute atomic E-state index is 0.155. The van der Waals surface area contributed by atoms with Gasteiger partial charge in [-0.1, -0.05) is 23.7 Å². The molecule has 1 aliphatic heterocycles. The van der Waals surface area contributed by atoms with Crippen LogP contribution in [0.25, 0.3) is 6.08 Å². The molecule has 0 aliphatic carbocycles. The van der Waals surface area contributed by atoms with Crippen molar-refractivity contribution in [3.05, 3.63) is 88.2 Å². The van der Waals surface area contributed by atoms with E-state index in [0.29, 0.717) is 28.6 Å². The average molecular weight is 441 g/mol. The molecule has 0 aromatic heterocycles. The smallest absolute Gasteiger partial charge is 0.231 e. The summed E-state index contributed by atoms with van der Waals surface area (Å²) >= 11 is 6.02. The molecule has 158 valence electrons. The second kappa shape index (κ2) is 9.10. The van der Waals surface area contributed by atoms with Gasteiger partial charge in [0.1, 0.15) is 23.9 Å². The van der Waals surface area contributed by atoms with Crippen molar-refractivity contribution in [3.63, 3.8) is 0 Å². The number of methoxy groups -OCH3 is 1. The molecule has 0 spiro atoms. The van der Waals surface area contributed by atoms with Crippen molar-refractivity contribution < 1.29 is 28.1 Å². The lowest BCUT2D eigenvalue weighted by molar-refractivity contribution is 0.104. The molecule has 3 aromatic carbocycles. The first-order valence-corrected chi connectivity index (χ1v) is 9.78. The third-order valence-corrected chi connectivity index (χ3v) is 4.96. The minimum atomic E-state index is -0.436. The van der Waals surface area contributed by atoms with Crippen molar-refractivity contribution in [3.8, 4) is 23.0 Å². The number of ketones is 1. The van der Waals surface area contributed by atoms with Crippen LogP contribution >= 0.6 is 11.6 Å². The zero-order valence-corrected chi connectivity index (χ0v) is 17.3. The molecule has 31 heavy (non-hydrogen) atoms. The highest BCUT2D eigenvalue weighted by molar-refractivity contribution is 6.32. The van der Waals surface area contributed by atoms with E-state index in [2.05, 4.69) is 0 Å². The van der Waals surface area contributed by atoms with Crippen molar-refractivity contribution in [2.24, 2.45) is 0 Å². The molecule has 1 heterocycles. The van der Waals surface area contributed by atoms with Gasteiger partial charge in [-0.25, -0.2) is 4.39 Å². The van der Waals surface area contributed by atoms with Crippen LogP contribution in [0.15, 0.2) is 60.7 Å². The van der Waals surface area contributed by atoms with E-state index in [0.717, 1.165) is 11.1 Å². The molecule has 0 unspecified atom stereocenters. The normalized spacial score (nSPS) is 12.2. The number of ether oxygens (including phenoxy) is 4. The molecule has 0 bridgehead atoms. The summed E-state index contributed by atoms with van der Waals surface area (Å²) in [5.41, 5.74) is 2.04. The Kier molecular flexibility index (Phi) is 6.09. The number of carbonyl (C=O) groups excluding carboxylic acids is 1. The number of allylic oxidation sites excluding steroid dienone is 1. The predicted molar refractivity (Wildman–Crippen MR) is 115 cm³/mol. The summed E-state index contributed by atoms with van der Waals surface area (Å²) in [5, 5.41) is 0.185. The second-order valence-corrected chi connectivity index (χ2v) is 7.11. The molecular formula is C24H18ClFO5. The highest BCUT2D eigenvalue weighted by Crippen LogP contribution is 2.33. The molecule has 0 amide bonds. The Balaban J connectivity index is 1.49. The first-order chi connectivity index (χ1) is 15.0. The van der Waals surface area contributed by atoms with Crippen molar-refractivity contribution in [1.29, 1.82) is 0 Å². The summed E-state index contributed by atoms with van der Waals surface area (Å²) < 4.78 is 34.9. The summed E-state index contributed by atoms with van der Waals surface area (Å²) in [6, 6.07) is 14.5. The van der Waals surface area contributed by atoms with Crippen LogP contribution in [-0.2, 0) is 6.61 Å². The molecule has 0 atom stereocenters. The summed E-state index contributed by atoms with van der Waals surface area (Å²) in [5.74, 6) is 1.57. The topological polar surface area (TPSA) is 54.0 Å². The number of hydrogen-bond donors (Lipinski definition) is 0. The van der Waals surface area contributed by atoms with Gasteiger partial charge in [0.15, 0.2) is 17.3 Å². The molecule has 5 nitrogen and oxygen atoms in total. The first-order valence-electron chi connectivity index (χ1n) is 9.40. The second-order valence-electron chi connectivity index (χ2n) is 6.70. The Labute approximate surface area is 183 Å². The van der Waals surface area contributed by atoms with Gasteiger partial charge < -0.3 is 18.9 Å². The number of halogens is 2. The number of rotatable bonds is 7. The Hall–Kier alpha value is -3.51. The van der Waals surface area contributed by atoms with Crippen LogP contribution in [0.3, 0.4) is 0 Å². The molecule has 4 rings (SSSR count). The maximum atomic E-state index is 13.2. The third-order valence-electron chi connectivity index (χ3n) is 4.67. The largest absolute Gasteiger partial charge is 0.496 e. The predicted octanol–water partition coefficient (Wildman–Crippen LogP) is 5.69. The number of fused-ring (bicyclic) bond motifs is 1. The lowest BCUT2D eigenvalue weighted by Crippen LogP contribution is -2.00. The highest BCUT2D eigenvalue weighted by Gasteiger charge is 2.15. The van der Waals surface area contributed by atoms with Crippen molar-refractivity contribution in [2.45, 2.75) is 6.61 Å². The van der Waals surface area contributed by atoms with E-state index in [1.54, 1.807) is 37.5 Å². The molecule has 7 heteroatoms. The molecule has 0 fully saturated rings. The monoisotopic (exact) mass is 440 g/mol. The maximum absolute atomic E-state index is 13.2. The Morgan fingerprint density at radius 3 is 2.68 bits per heavy atom. The fraction of sp³-hybridized carbons (Fsp3) is 0.125. The van der Waals surface area contributed by atoms with Gasteiger partial charge in [0, 0.05) is 11.1 Å². The molecule has 0 saturated carbocycles. The SMILES string of the molecule is COc1ccc(/C=C/C(=O)c2ccc3c(c2)OCO3)cc1COc1ccc(F)cc1Cl. The fourth-order valence-electron chi connectivity index (χ4n) is 3.08. The molecule has 0 saturated heterocycles. The van der Waals surface area contributed by atoms with Gasteiger partial charge >= 0.3 is 0 Å². The standard InChI is InChI=1S/C24H18ClFO5/c1-28-21-7-3-15(10-17(21)13-29-22-9-5-18(26)12-19(22)25)2-6-20(27)16-4-8-23-24(11-16)31-14-30-23/h2-12H,13-14H2,1H3/b6-2+. The molecular weight excluding hydrogens is 423 g/mol. The fourth-order valence-corrected chi connectivity index (χ4v) is 3.30. The van der Waals surface area contributed by atoms with E-state index in [9.17, 15) is 9.18 Å². The van der Waals surface area contributed by atoms with Crippen LogP contribution in [0.5, 0.6) is 23.0 Å². The number of hydrogen-bond acceptors (Lipinski definition) is 5. The van der Waals surface area contributed by atoms with E-state index in [4.69, 9.17) is 30.5 Å². The number of benzene rings is 3. The zero-order chi connectivity index (χ0) is 21.8. The zero-order valence-electron chi connectivity index (χ0n) is 16.6. The summed E-state index contributed by atoms with van der Waals surface area (Å²) in [6.45, 7) is 0.314. The van der Waals surface area contributed by atoms with Crippen LogP contribution in [0.1, 0.15) is 21.5 Å². The maximum Gasteiger partial charge on any atom is 0.231 e. The van der Waals surface area contributed by atoms with Gasteiger partial charge in [-0.15, -0.1) is 0 Å². The van der Waals surface area contributed by atoms with Crippen LogP contribution < -0.4 is 18.9 Å². The molecule has 1 aliphatic rings. The third kappa shape index (κ3) is 4.81. The average Bonchev–Trinajstić information content (AvgIpc) is 3.25. The Bertz CT molecular complexity index is 1160. The van der Waals surface area contributed by atoms with Gasteiger partial charge in [-0.05, 0) is 60.2 Å². The highest BCUT2D eigenvalue weighted by atomic mass is 35.5. The van der Waals surface area contributed by atoms with Crippen molar-refractivity contribution >= 4 is 23.5 Å². The van der Waals surface area contributed by atoms with Gasteiger partial charge in [-0.2, -0.15) is 0 Å². The van der Waals surface area contributed by atoms with Crippen LogP contribution in [0.4, 0.5) is 4.39 Å². The number of carbonyl (C=O) groups is 1. The van der Waals surface area contributed by atoms with Crippen LogP contribution in [-0.4, -0.2) is 19.7 Å². The van der Waals surface area contributed by atoms with Gasteiger partial charge in [0.25, 0.3) is 0 Å². The first kappa shape index (κ1) is 20.8. The van der Waals surface area contributed by atoms with Crippen molar-refractivity contribution in [1.82, 2.24) is 0 Å². The van der Waals surface area contributed by atoms with Gasteiger partial charge in [0.05, 0.1) is 12.1 Å². The van der Waals surface area contributed by atoms with E-state index >= 15 is 0 Å². The quantitative estimate of drug-likeness (QED) is 0.349. The molecule has 0 radical (unpaired) electrons. The summed E-state index contributed by atoms with van der Waals surface area (Å²) in [4.78, 5) is 12.5. The van der Waals surface area contributed by atoms with Crippen LogP contribution in [0, 0.1) is 5.82 Å². The van der Waals surface area contributed by atoms with Gasteiger partial charge in [-0.3, -0.25) is 4.79 Å². The molecule has 3 aromatic rings. The van der Waals surface area contributed by atoms with Crippen molar-refractivity contribution in [2.75, 3.05) is 13.9 Å². The van der Waals surface area contributed by atoms with Crippen LogP contribution in [0.2, 0.25) is 5.02 Å². The summed E-state index contributed by atoms with van der Waals surface area (Å²) in [6.07, 6.45) is 3.20. The van der Waals surface area contributed by atoms with E-state index in [1.807, 2.05) is 12.1 Å². The van der Waals surface area contributed by atoms with E-state index in [-0.39, 0.29) is 24.2 Å². The lowest BCUT2D eigenvalue weighted by atomic mass is 10.1. The minimum Gasteiger partial charge on any atom is -0.496 e. The Morgan fingerprint density at radius 1 is 1.06 bits per heavy atom. The van der Waals surface area contributed by atoms with Gasteiger partial charge in [0.2, 0.25) is 6.79 Å².